The highest BCUT2D eigenvalue weighted by Crippen LogP contribution is 2.25. The number of imidazole rings is 1. The van der Waals surface area contributed by atoms with Gasteiger partial charge in [0.05, 0.1) is 16.0 Å². The topological polar surface area (TPSA) is 73.4 Å². The van der Waals surface area contributed by atoms with Crippen molar-refractivity contribution in [3.05, 3.63) is 28.3 Å². The van der Waals surface area contributed by atoms with Crippen LogP contribution in [-0.2, 0) is 11.3 Å². The quantitative estimate of drug-likeness (QED) is 0.459. The third-order valence-corrected chi connectivity index (χ3v) is 3.05. The van der Waals surface area contributed by atoms with Crippen molar-refractivity contribution in [1.29, 1.82) is 0 Å². The Morgan fingerprint density at radius 3 is 2.80 bits per heavy atom. The maximum Gasteiger partial charge on any atom is 0.271 e. The number of methoxy groups -OCH3 is 1. The van der Waals surface area contributed by atoms with Crippen LogP contribution in [0.5, 0.6) is 0 Å². The number of fused-ring (bicyclic) bond motifs is 1. The van der Waals surface area contributed by atoms with Crippen LogP contribution in [0.3, 0.4) is 0 Å². The largest absolute Gasteiger partial charge is 0.385 e. The van der Waals surface area contributed by atoms with Crippen molar-refractivity contribution in [2.75, 3.05) is 32.7 Å². The van der Waals surface area contributed by atoms with Gasteiger partial charge in [0.2, 0.25) is 5.95 Å². The molecule has 0 amide bonds. The predicted octanol–water partition coefficient (Wildman–Crippen LogP) is 2.05. The molecule has 0 fully saturated rings. The summed E-state index contributed by atoms with van der Waals surface area (Å²) in [6.07, 6.45) is 0.861. The van der Waals surface area contributed by atoms with Crippen LogP contribution in [0.1, 0.15) is 6.42 Å². The smallest absolute Gasteiger partial charge is 0.271 e. The highest BCUT2D eigenvalue weighted by atomic mass is 16.6. The van der Waals surface area contributed by atoms with Gasteiger partial charge in [-0.1, -0.05) is 0 Å². The summed E-state index contributed by atoms with van der Waals surface area (Å²) in [6.45, 7) is 1.43. The maximum absolute atomic E-state index is 10.8. The van der Waals surface area contributed by atoms with E-state index in [0.29, 0.717) is 12.1 Å². The average molecular weight is 278 g/mol. The van der Waals surface area contributed by atoms with Crippen molar-refractivity contribution < 1.29 is 9.66 Å². The van der Waals surface area contributed by atoms with Crippen LogP contribution in [-0.4, -0.2) is 42.3 Å². The summed E-state index contributed by atoms with van der Waals surface area (Å²) in [5.74, 6) is 0.789. The number of anilines is 1. The second-order valence-corrected chi connectivity index (χ2v) is 4.73. The van der Waals surface area contributed by atoms with Gasteiger partial charge < -0.3 is 14.2 Å². The molecule has 2 rings (SSSR count). The Labute approximate surface area is 116 Å². The Hall–Kier alpha value is -2.15. The molecule has 0 aliphatic carbocycles. The molecule has 0 atom stereocenters. The fourth-order valence-electron chi connectivity index (χ4n) is 2.15. The first-order valence-corrected chi connectivity index (χ1v) is 6.35. The highest BCUT2D eigenvalue weighted by Gasteiger charge is 2.15. The molecule has 7 heteroatoms. The van der Waals surface area contributed by atoms with Gasteiger partial charge in [-0.25, -0.2) is 4.98 Å². The second-order valence-electron chi connectivity index (χ2n) is 4.73. The Bertz CT molecular complexity index is 621. The van der Waals surface area contributed by atoms with E-state index in [-0.39, 0.29) is 5.69 Å². The lowest BCUT2D eigenvalue weighted by atomic mass is 10.3. The van der Waals surface area contributed by atoms with Crippen LogP contribution in [0.2, 0.25) is 0 Å². The number of aryl methyl sites for hydroxylation is 1. The Morgan fingerprint density at radius 2 is 2.20 bits per heavy atom. The molecule has 0 saturated heterocycles. The van der Waals surface area contributed by atoms with Gasteiger partial charge in [0.15, 0.2) is 0 Å². The average Bonchev–Trinajstić information content (AvgIpc) is 2.77. The lowest BCUT2D eigenvalue weighted by molar-refractivity contribution is -0.384. The SMILES string of the molecule is COCCCn1c(N(C)C)nc2cc([N+](=O)[O-])ccc21. The molecule has 0 bridgehead atoms. The van der Waals surface area contributed by atoms with Gasteiger partial charge in [-0.15, -0.1) is 0 Å². The molecule has 7 nitrogen and oxygen atoms in total. The van der Waals surface area contributed by atoms with Gasteiger partial charge in [0.25, 0.3) is 5.69 Å². The van der Waals surface area contributed by atoms with Crippen molar-refractivity contribution in [3.63, 3.8) is 0 Å². The van der Waals surface area contributed by atoms with E-state index in [1.807, 2.05) is 19.0 Å². The lowest BCUT2D eigenvalue weighted by Crippen LogP contribution is -2.16. The van der Waals surface area contributed by atoms with Crippen molar-refractivity contribution in [1.82, 2.24) is 9.55 Å². The predicted molar refractivity (Wildman–Crippen MR) is 77.2 cm³/mol. The Balaban J connectivity index is 2.46. The number of nitrogens with zero attached hydrogens (tertiary/aromatic N) is 4. The van der Waals surface area contributed by atoms with E-state index in [1.165, 1.54) is 12.1 Å². The van der Waals surface area contributed by atoms with Crippen LogP contribution in [0.25, 0.3) is 11.0 Å². The number of hydrogen-bond acceptors (Lipinski definition) is 5. The summed E-state index contributed by atoms with van der Waals surface area (Å²) in [5.41, 5.74) is 1.60. The van der Waals surface area contributed by atoms with Gasteiger partial charge >= 0.3 is 0 Å². The number of nitro benzene ring substituents is 1. The molecule has 0 N–H and O–H groups in total. The fraction of sp³-hybridized carbons (Fsp3) is 0.462. The first-order chi connectivity index (χ1) is 9.54. The van der Waals surface area contributed by atoms with Crippen LogP contribution in [0.4, 0.5) is 11.6 Å². The van der Waals surface area contributed by atoms with E-state index >= 15 is 0 Å². The summed E-state index contributed by atoms with van der Waals surface area (Å²) in [7, 11) is 5.48. The zero-order valence-corrected chi connectivity index (χ0v) is 11.9. The second kappa shape index (κ2) is 5.87. The minimum atomic E-state index is -0.404. The molecule has 1 heterocycles. The number of non-ortho nitro benzene ring substituents is 1. The molecule has 0 radical (unpaired) electrons. The molecular formula is C13H18N4O3. The number of nitro groups is 1. The zero-order chi connectivity index (χ0) is 14.7. The molecule has 0 spiro atoms. The molecule has 0 unspecified atom stereocenters. The normalized spacial score (nSPS) is 10.9. The van der Waals surface area contributed by atoms with Gasteiger partial charge in [-0.05, 0) is 12.5 Å². The van der Waals surface area contributed by atoms with Crippen molar-refractivity contribution >= 4 is 22.7 Å². The summed E-state index contributed by atoms with van der Waals surface area (Å²) >= 11 is 0. The van der Waals surface area contributed by atoms with Crippen molar-refractivity contribution in [2.45, 2.75) is 13.0 Å². The number of rotatable bonds is 6. The van der Waals surface area contributed by atoms with Crippen LogP contribution in [0, 0.1) is 10.1 Å². The molecule has 0 saturated carbocycles. The van der Waals surface area contributed by atoms with Crippen molar-refractivity contribution in [2.24, 2.45) is 0 Å². The standard InChI is InChI=1S/C13H18N4O3/c1-15(2)13-14-11-9-10(17(18)19)5-6-12(11)16(13)7-4-8-20-3/h5-6,9H,4,7-8H2,1-3H3. The minimum Gasteiger partial charge on any atom is -0.385 e. The maximum atomic E-state index is 10.8. The Kier molecular flexibility index (Phi) is 4.19. The first-order valence-electron chi connectivity index (χ1n) is 6.35. The molecule has 1 aromatic carbocycles. The van der Waals surface area contributed by atoms with Gasteiger partial charge in [-0.3, -0.25) is 10.1 Å². The first kappa shape index (κ1) is 14.3. The van der Waals surface area contributed by atoms with E-state index in [0.717, 1.165) is 24.4 Å². The molecule has 108 valence electrons. The van der Waals surface area contributed by atoms with E-state index in [2.05, 4.69) is 9.55 Å². The molecule has 0 aliphatic heterocycles. The molecule has 1 aromatic heterocycles. The van der Waals surface area contributed by atoms with E-state index < -0.39 is 4.92 Å². The van der Waals surface area contributed by atoms with Crippen LogP contribution < -0.4 is 4.90 Å². The monoisotopic (exact) mass is 278 g/mol. The number of aromatic nitrogens is 2. The molecule has 2 aromatic rings. The Morgan fingerprint density at radius 1 is 1.45 bits per heavy atom. The van der Waals surface area contributed by atoms with E-state index in [1.54, 1.807) is 13.2 Å². The summed E-state index contributed by atoms with van der Waals surface area (Å²) < 4.78 is 7.12. The fourth-order valence-corrected chi connectivity index (χ4v) is 2.15. The summed E-state index contributed by atoms with van der Waals surface area (Å²) in [5, 5.41) is 10.8. The van der Waals surface area contributed by atoms with Gasteiger partial charge in [0, 0.05) is 46.5 Å². The number of benzene rings is 1. The van der Waals surface area contributed by atoms with E-state index in [4.69, 9.17) is 4.74 Å². The molecule has 0 aliphatic rings. The van der Waals surface area contributed by atoms with Gasteiger partial charge in [-0.2, -0.15) is 0 Å². The number of ether oxygens (including phenoxy) is 1. The van der Waals surface area contributed by atoms with Gasteiger partial charge in [0.1, 0.15) is 0 Å². The number of hydrogen-bond donors (Lipinski definition) is 0. The molecule has 20 heavy (non-hydrogen) atoms. The summed E-state index contributed by atoms with van der Waals surface area (Å²) in [6, 6.07) is 4.77. The molecular weight excluding hydrogens is 260 g/mol. The summed E-state index contributed by atoms with van der Waals surface area (Å²) in [4.78, 5) is 16.8. The van der Waals surface area contributed by atoms with Crippen LogP contribution in [0.15, 0.2) is 18.2 Å². The highest BCUT2D eigenvalue weighted by molar-refractivity contribution is 5.81. The third-order valence-electron chi connectivity index (χ3n) is 3.05. The third kappa shape index (κ3) is 2.72. The zero-order valence-electron chi connectivity index (χ0n) is 11.9. The van der Waals surface area contributed by atoms with E-state index in [9.17, 15) is 10.1 Å². The lowest BCUT2D eigenvalue weighted by Gasteiger charge is -2.14. The van der Waals surface area contributed by atoms with Crippen LogP contribution >= 0.6 is 0 Å². The van der Waals surface area contributed by atoms with Crippen molar-refractivity contribution in [3.8, 4) is 0 Å². The minimum absolute atomic E-state index is 0.0596.